The average molecular weight is 287 g/mol. The predicted molar refractivity (Wildman–Crippen MR) is 77.3 cm³/mol. The topological polar surface area (TPSA) is 84.0 Å². The number of anilines is 1. The lowest BCUT2D eigenvalue weighted by Gasteiger charge is -2.33. The van der Waals surface area contributed by atoms with Crippen molar-refractivity contribution in [2.45, 2.75) is 20.0 Å². The van der Waals surface area contributed by atoms with E-state index < -0.39 is 0 Å². The van der Waals surface area contributed by atoms with Gasteiger partial charge in [0.05, 0.1) is 13.2 Å². The molecule has 0 aromatic carbocycles. The molecule has 1 aliphatic heterocycles. The van der Waals surface area contributed by atoms with Gasteiger partial charge in [-0.25, -0.2) is 15.0 Å². The van der Waals surface area contributed by atoms with Crippen LogP contribution in [-0.4, -0.2) is 39.6 Å². The molecule has 2 aromatic rings. The number of nitrogens with one attached hydrogen (secondary N) is 1. The highest BCUT2D eigenvalue weighted by molar-refractivity contribution is 5.38. The van der Waals surface area contributed by atoms with E-state index in [1.807, 2.05) is 13.0 Å². The van der Waals surface area contributed by atoms with Crippen LogP contribution in [-0.2, 0) is 4.74 Å². The van der Waals surface area contributed by atoms with Gasteiger partial charge in [-0.05, 0) is 19.9 Å². The summed E-state index contributed by atoms with van der Waals surface area (Å²) in [5.41, 5.74) is 0.531. The minimum atomic E-state index is -0.262. The monoisotopic (exact) mass is 287 g/mol. The number of hydrogen-bond acceptors (Lipinski definition) is 6. The van der Waals surface area contributed by atoms with E-state index in [1.165, 1.54) is 6.07 Å². The van der Waals surface area contributed by atoms with Crippen molar-refractivity contribution in [3.8, 4) is 0 Å². The van der Waals surface area contributed by atoms with Crippen LogP contribution in [0.3, 0.4) is 0 Å². The van der Waals surface area contributed by atoms with E-state index in [9.17, 15) is 4.79 Å². The summed E-state index contributed by atoms with van der Waals surface area (Å²) < 4.78 is 5.74. The molecule has 1 atom stereocenters. The summed E-state index contributed by atoms with van der Waals surface area (Å²) in [5, 5.41) is 0. The molecule has 3 rings (SSSR count). The minimum absolute atomic E-state index is 0.156. The van der Waals surface area contributed by atoms with Crippen LogP contribution in [0.5, 0.6) is 0 Å². The van der Waals surface area contributed by atoms with Crippen LogP contribution in [0.15, 0.2) is 23.1 Å². The molecule has 1 aliphatic rings. The Morgan fingerprint density at radius 1 is 1.38 bits per heavy atom. The molecule has 0 spiro atoms. The molecule has 3 heterocycles. The third-order valence-corrected chi connectivity index (χ3v) is 3.34. The Kier molecular flexibility index (Phi) is 3.66. The molecule has 1 N–H and O–H groups in total. The lowest BCUT2D eigenvalue weighted by atomic mass is 10.2. The molecule has 7 nitrogen and oxygen atoms in total. The van der Waals surface area contributed by atoms with Crippen molar-refractivity contribution in [2.75, 3.05) is 24.6 Å². The smallest absolute Gasteiger partial charge is 0.251 e. The summed E-state index contributed by atoms with van der Waals surface area (Å²) in [7, 11) is 0. The Morgan fingerprint density at radius 2 is 2.24 bits per heavy atom. The van der Waals surface area contributed by atoms with E-state index >= 15 is 0 Å². The first kappa shape index (κ1) is 13.7. The van der Waals surface area contributed by atoms with E-state index in [4.69, 9.17) is 4.74 Å². The van der Waals surface area contributed by atoms with Crippen LogP contribution >= 0.6 is 0 Å². The second kappa shape index (κ2) is 5.61. The normalized spacial score (nSPS) is 18.8. The zero-order valence-electron chi connectivity index (χ0n) is 12.0. The largest absolute Gasteiger partial charge is 0.367 e. The molecule has 2 aromatic heterocycles. The summed E-state index contributed by atoms with van der Waals surface area (Å²) in [6.45, 7) is 5.57. The van der Waals surface area contributed by atoms with Crippen LogP contribution in [0.4, 0.5) is 5.82 Å². The zero-order chi connectivity index (χ0) is 14.8. The highest BCUT2D eigenvalue weighted by Gasteiger charge is 2.25. The first-order valence-corrected chi connectivity index (χ1v) is 6.86. The van der Waals surface area contributed by atoms with Crippen LogP contribution in [0, 0.1) is 13.8 Å². The van der Waals surface area contributed by atoms with Gasteiger partial charge in [0, 0.05) is 24.5 Å². The molecule has 0 aliphatic carbocycles. The number of aryl methyl sites for hydroxylation is 2. The van der Waals surface area contributed by atoms with Crippen molar-refractivity contribution >= 4 is 5.82 Å². The summed E-state index contributed by atoms with van der Waals surface area (Å²) in [6.07, 6.45) is 1.48. The van der Waals surface area contributed by atoms with Gasteiger partial charge in [-0.1, -0.05) is 0 Å². The molecule has 110 valence electrons. The number of nitrogens with zero attached hydrogens (tertiary/aromatic N) is 4. The second-order valence-electron chi connectivity index (χ2n) is 5.04. The molecule has 7 heteroatoms. The third kappa shape index (κ3) is 3.08. The standard InChI is InChI=1S/C14H17N5O2/c1-9-7-13(20)18-14(16-9)11-8-19(5-6-21-11)12-3-4-15-10(2)17-12/h3-4,7,11H,5-6,8H2,1-2H3,(H,16,18,20). The van der Waals surface area contributed by atoms with Crippen LogP contribution in [0.1, 0.15) is 23.4 Å². The Labute approximate surface area is 122 Å². The van der Waals surface area contributed by atoms with Crippen molar-refractivity contribution < 1.29 is 4.74 Å². The zero-order valence-corrected chi connectivity index (χ0v) is 12.0. The SMILES string of the molecule is Cc1cc(=O)[nH]c(C2CN(c3ccnc(C)n3)CCO2)n1. The predicted octanol–water partition coefficient (Wildman–Crippen LogP) is 0.755. The minimum Gasteiger partial charge on any atom is -0.367 e. The molecule has 0 amide bonds. The van der Waals surface area contributed by atoms with E-state index in [2.05, 4.69) is 24.8 Å². The molecular formula is C14H17N5O2. The number of morpholine rings is 1. The number of ether oxygens (including phenoxy) is 1. The van der Waals surface area contributed by atoms with Crippen LogP contribution in [0.25, 0.3) is 0 Å². The molecule has 21 heavy (non-hydrogen) atoms. The molecular weight excluding hydrogens is 270 g/mol. The molecule has 0 radical (unpaired) electrons. The Balaban J connectivity index is 1.84. The molecule has 0 bridgehead atoms. The van der Waals surface area contributed by atoms with Crippen LogP contribution < -0.4 is 10.5 Å². The van der Waals surface area contributed by atoms with Gasteiger partial charge in [0.1, 0.15) is 23.6 Å². The molecule has 0 saturated carbocycles. The van der Waals surface area contributed by atoms with Crippen molar-refractivity contribution in [1.82, 2.24) is 19.9 Å². The van der Waals surface area contributed by atoms with Gasteiger partial charge in [-0.3, -0.25) is 4.79 Å². The molecule has 1 unspecified atom stereocenters. The van der Waals surface area contributed by atoms with Gasteiger partial charge >= 0.3 is 0 Å². The fourth-order valence-electron chi connectivity index (χ4n) is 2.40. The van der Waals surface area contributed by atoms with Crippen LogP contribution in [0.2, 0.25) is 0 Å². The molecule has 1 fully saturated rings. The van der Waals surface area contributed by atoms with Crippen molar-refractivity contribution in [3.05, 3.63) is 46.0 Å². The van der Waals surface area contributed by atoms with Gasteiger partial charge in [0.25, 0.3) is 5.56 Å². The maximum atomic E-state index is 11.6. The van der Waals surface area contributed by atoms with Gasteiger partial charge in [0.2, 0.25) is 0 Å². The van der Waals surface area contributed by atoms with E-state index in [-0.39, 0.29) is 11.7 Å². The van der Waals surface area contributed by atoms with Gasteiger partial charge in [0.15, 0.2) is 0 Å². The van der Waals surface area contributed by atoms with E-state index in [0.717, 1.165) is 18.2 Å². The number of H-pyrrole nitrogens is 1. The summed E-state index contributed by atoms with van der Waals surface area (Å²) in [4.78, 5) is 29.3. The van der Waals surface area contributed by atoms with Gasteiger partial charge < -0.3 is 14.6 Å². The first-order chi connectivity index (χ1) is 10.1. The summed E-state index contributed by atoms with van der Waals surface area (Å²) in [6, 6.07) is 3.35. The maximum Gasteiger partial charge on any atom is 0.251 e. The Morgan fingerprint density at radius 3 is 3.00 bits per heavy atom. The first-order valence-electron chi connectivity index (χ1n) is 6.86. The summed E-state index contributed by atoms with van der Waals surface area (Å²) in [5.74, 6) is 2.17. The maximum absolute atomic E-state index is 11.6. The second-order valence-corrected chi connectivity index (χ2v) is 5.04. The quantitative estimate of drug-likeness (QED) is 0.877. The Hall–Kier alpha value is -2.28. The van der Waals surface area contributed by atoms with Crippen molar-refractivity contribution in [2.24, 2.45) is 0 Å². The summed E-state index contributed by atoms with van der Waals surface area (Å²) >= 11 is 0. The number of aromatic nitrogens is 4. The number of hydrogen-bond donors (Lipinski definition) is 1. The van der Waals surface area contributed by atoms with E-state index in [0.29, 0.717) is 24.7 Å². The average Bonchev–Trinajstić information content (AvgIpc) is 2.46. The third-order valence-electron chi connectivity index (χ3n) is 3.34. The number of rotatable bonds is 2. The lowest BCUT2D eigenvalue weighted by Crippen LogP contribution is -2.40. The highest BCUT2D eigenvalue weighted by atomic mass is 16.5. The fraction of sp³-hybridized carbons (Fsp3) is 0.429. The lowest BCUT2D eigenvalue weighted by molar-refractivity contribution is 0.0335. The van der Waals surface area contributed by atoms with Crippen molar-refractivity contribution in [3.63, 3.8) is 0 Å². The number of aromatic amines is 1. The van der Waals surface area contributed by atoms with Gasteiger partial charge in [-0.2, -0.15) is 0 Å². The van der Waals surface area contributed by atoms with Gasteiger partial charge in [-0.15, -0.1) is 0 Å². The van der Waals surface area contributed by atoms with E-state index in [1.54, 1.807) is 13.1 Å². The highest BCUT2D eigenvalue weighted by Crippen LogP contribution is 2.22. The fourth-order valence-corrected chi connectivity index (χ4v) is 2.40. The van der Waals surface area contributed by atoms with Crippen molar-refractivity contribution in [1.29, 1.82) is 0 Å². The molecule has 1 saturated heterocycles. The Bertz CT molecular complexity index is 700.